The lowest BCUT2D eigenvalue weighted by Crippen LogP contribution is -2.45. The number of rotatable bonds is 30. The fraction of sp³-hybridized carbons (Fsp3) is 0.852. The summed E-state index contributed by atoms with van der Waals surface area (Å²) in [6, 6.07) is -2.32. The minimum atomic E-state index is -3.24. The molecule has 30 heteroatoms. The largest absolute Gasteiger partial charge is 0.468 e. The molecule has 0 saturated heterocycles. The van der Waals surface area contributed by atoms with Gasteiger partial charge in [-0.05, 0) is 115 Å². The van der Waals surface area contributed by atoms with Crippen LogP contribution in [-0.2, 0) is 84.4 Å². The molecule has 0 bridgehead atoms. The molecule has 0 saturated carbocycles. The first-order chi connectivity index (χ1) is 37.3. The molecule has 504 valence electrons. The summed E-state index contributed by atoms with van der Waals surface area (Å²) in [5.41, 5.74) is 9.32. The average molecular weight is 1260 g/mol. The standard InChI is InChI=1S/C16H33N2O7P.C13H26N2O4.C9H20NO5P.C7H13NO3.C6H13NO2.3CH4/c1-7-23-26(21,24-8-2)12-9-13(14(19)22-6)17-10-11-18-15(20)25-16(3,4)5;1-9(2)10(11(16)18-6)14-7-8-15-12(17)19-13(3,4)5;1-4-14-16(12,15-5-2)7-6-8(10)9(11)13-3;1-7(2,3)11-6(10)8-4-5-9;1-4(2)5(7)6(8)9-3;;;/h13,17H,7-12H2,1-6H3,(H,18,20);9-10,14H,7-8H2,1-6H3,(H,15,17);8H,4-7,10H2,1-3H3;5H,4H2,1-3H3,(H,8,10);4-5H,7H2,1-3H3;3*1H4/t13-;10-;8-;;5-;;;/m101.0.../s1. The van der Waals surface area contributed by atoms with Crippen molar-refractivity contribution >= 4 is 63.6 Å². The van der Waals surface area contributed by atoms with E-state index in [1.165, 1.54) is 28.4 Å². The third-order valence-corrected chi connectivity index (χ3v) is 13.3. The molecule has 0 unspecified atom stereocenters. The van der Waals surface area contributed by atoms with Gasteiger partial charge in [-0.1, -0.05) is 50.0 Å². The summed E-state index contributed by atoms with van der Waals surface area (Å²) < 4.78 is 78.4. The Balaban J connectivity index is -0.000000148. The number of nitrogens with one attached hydrogen (secondary N) is 5. The molecule has 3 amide bonds. The molecule has 84 heavy (non-hydrogen) atoms. The van der Waals surface area contributed by atoms with Gasteiger partial charge >= 0.3 is 57.3 Å². The summed E-state index contributed by atoms with van der Waals surface area (Å²) in [7, 11) is -1.12. The van der Waals surface area contributed by atoms with Gasteiger partial charge in [-0.15, -0.1) is 0 Å². The van der Waals surface area contributed by atoms with Crippen molar-refractivity contribution in [1.29, 1.82) is 0 Å². The van der Waals surface area contributed by atoms with Crippen molar-refractivity contribution in [2.75, 3.05) is 99.9 Å². The lowest BCUT2D eigenvalue weighted by atomic mass is 10.1. The van der Waals surface area contributed by atoms with E-state index in [4.69, 9.17) is 53.2 Å². The van der Waals surface area contributed by atoms with Gasteiger partial charge in [0.25, 0.3) is 0 Å². The van der Waals surface area contributed by atoms with E-state index in [1.54, 1.807) is 90.0 Å². The number of amides is 3. The maximum atomic E-state index is 12.5. The van der Waals surface area contributed by atoms with Gasteiger partial charge in [0.15, 0.2) is 0 Å². The van der Waals surface area contributed by atoms with Crippen LogP contribution in [0.4, 0.5) is 14.4 Å². The van der Waals surface area contributed by atoms with Crippen LogP contribution in [0.1, 0.15) is 153 Å². The quantitative estimate of drug-likeness (QED) is 0.0120. The zero-order valence-corrected chi connectivity index (χ0v) is 54.1. The smallest absolute Gasteiger partial charge is 0.408 e. The highest BCUT2D eigenvalue weighted by molar-refractivity contribution is 7.54. The predicted molar refractivity (Wildman–Crippen MR) is 327 cm³/mol. The van der Waals surface area contributed by atoms with Crippen molar-refractivity contribution in [1.82, 2.24) is 26.6 Å². The minimum Gasteiger partial charge on any atom is -0.468 e. The Morgan fingerprint density at radius 1 is 0.476 bits per heavy atom. The van der Waals surface area contributed by atoms with Gasteiger partial charge in [0, 0.05) is 26.2 Å². The van der Waals surface area contributed by atoms with Gasteiger partial charge in [0.1, 0.15) is 47.3 Å². The monoisotopic (exact) mass is 1260 g/mol. The molecule has 9 N–H and O–H groups in total. The summed E-state index contributed by atoms with van der Waals surface area (Å²) in [6.07, 6.45) is -0.333. The van der Waals surface area contributed by atoms with Gasteiger partial charge in [-0.25, -0.2) is 14.4 Å². The fourth-order valence-electron chi connectivity index (χ4n) is 5.42. The van der Waals surface area contributed by atoms with E-state index < -0.39 is 80.3 Å². The van der Waals surface area contributed by atoms with E-state index in [0.29, 0.717) is 39.1 Å². The molecule has 0 aromatic carbocycles. The molecule has 0 rings (SSSR count). The summed E-state index contributed by atoms with van der Waals surface area (Å²) in [4.78, 5) is 88.5. The third-order valence-electron chi connectivity index (χ3n) is 9.08. The average Bonchev–Trinajstić information content (AvgIpc) is 3.35. The SMILES string of the molecule is C.C.C.CC(C)(C)OC(=O)NCC=O.CCOP(=O)(CC[C@@H](N)C(=O)OC)OCC.CCOP(=O)(CC[C@@H](NCCNC(=O)OC(C)(C)C)C(=O)OC)OCC.COC(=O)[C@@H](N)C(C)C.COC(=O)[C@@H](NCCNC(=O)OC(C)(C)C)C(C)C. The number of ether oxygens (including phenoxy) is 7. The van der Waals surface area contributed by atoms with Gasteiger partial charge in [-0.3, -0.25) is 28.3 Å². The van der Waals surface area contributed by atoms with Crippen LogP contribution in [0.15, 0.2) is 0 Å². The third kappa shape index (κ3) is 57.9. The first kappa shape index (κ1) is 95.8. The first-order valence-electron chi connectivity index (χ1n) is 26.7. The molecule has 4 atom stereocenters. The molecular weight excluding hydrogens is 1140 g/mol. The Morgan fingerprint density at radius 2 is 0.810 bits per heavy atom. The summed E-state index contributed by atoms with van der Waals surface area (Å²) >= 11 is 0. The molecule has 0 aromatic rings. The minimum absolute atomic E-state index is 0. The molecular formula is C54H117N7O21P2. The van der Waals surface area contributed by atoms with E-state index in [9.17, 15) is 47.5 Å². The Morgan fingerprint density at radius 3 is 1.10 bits per heavy atom. The molecule has 0 heterocycles. The maximum absolute atomic E-state index is 12.5. The Hall–Kier alpha value is -4.50. The molecule has 0 radical (unpaired) electrons. The van der Waals surface area contributed by atoms with E-state index in [-0.39, 0.29) is 104 Å². The second-order valence-corrected chi connectivity index (χ2v) is 24.8. The van der Waals surface area contributed by atoms with Crippen molar-refractivity contribution < 1.29 is 98.7 Å². The topological polar surface area (TPSA) is 384 Å². The summed E-state index contributed by atoms with van der Waals surface area (Å²) in [6.45, 7) is 33.0. The zero-order valence-electron chi connectivity index (χ0n) is 52.4. The van der Waals surface area contributed by atoms with Gasteiger partial charge in [0.2, 0.25) is 0 Å². The highest BCUT2D eigenvalue weighted by atomic mass is 31.2. The van der Waals surface area contributed by atoms with Crippen molar-refractivity contribution in [3.05, 3.63) is 0 Å². The number of carbonyl (C=O) groups excluding carboxylic acids is 8. The van der Waals surface area contributed by atoms with Crippen molar-refractivity contribution in [3.63, 3.8) is 0 Å². The van der Waals surface area contributed by atoms with Crippen LogP contribution in [0.5, 0.6) is 0 Å². The van der Waals surface area contributed by atoms with E-state index in [1.807, 2.05) is 27.7 Å². The molecule has 0 fully saturated rings. The highest BCUT2D eigenvalue weighted by Crippen LogP contribution is 2.49. The highest BCUT2D eigenvalue weighted by Gasteiger charge is 2.29. The second-order valence-electron chi connectivity index (χ2n) is 20.5. The number of carbonyl (C=O) groups is 8. The predicted octanol–water partition coefficient (Wildman–Crippen LogP) is 7.50. The lowest BCUT2D eigenvalue weighted by Gasteiger charge is -2.21. The number of nitrogens with two attached hydrogens (primary N) is 2. The fourth-order valence-corrected chi connectivity index (χ4v) is 8.82. The molecule has 28 nitrogen and oxygen atoms in total. The Labute approximate surface area is 504 Å². The number of hydrogen-bond acceptors (Lipinski definition) is 25. The maximum Gasteiger partial charge on any atom is 0.408 e. The van der Waals surface area contributed by atoms with Crippen LogP contribution in [-0.4, -0.2) is 189 Å². The number of alkyl carbamates (subject to hydrolysis) is 3. The molecule has 0 aliphatic rings. The van der Waals surface area contributed by atoms with Gasteiger partial charge < -0.3 is 94.1 Å². The summed E-state index contributed by atoms with van der Waals surface area (Å²) in [5.74, 6) is -1.38. The number of methoxy groups -OCH3 is 4. The van der Waals surface area contributed by atoms with Crippen LogP contribution in [0.2, 0.25) is 0 Å². The van der Waals surface area contributed by atoms with E-state index in [2.05, 4.69) is 36.1 Å². The van der Waals surface area contributed by atoms with Crippen LogP contribution < -0.4 is 38.1 Å². The van der Waals surface area contributed by atoms with Crippen molar-refractivity contribution in [2.24, 2.45) is 23.3 Å². The lowest BCUT2D eigenvalue weighted by molar-refractivity contribution is -0.144. The van der Waals surface area contributed by atoms with Crippen LogP contribution in [0.25, 0.3) is 0 Å². The second kappa shape index (κ2) is 52.8. The van der Waals surface area contributed by atoms with Crippen molar-refractivity contribution in [2.45, 2.75) is 194 Å². The van der Waals surface area contributed by atoms with Gasteiger partial charge in [-0.2, -0.15) is 0 Å². The van der Waals surface area contributed by atoms with Crippen LogP contribution in [0.3, 0.4) is 0 Å². The van der Waals surface area contributed by atoms with Crippen LogP contribution >= 0.6 is 15.2 Å². The number of esters is 4. The molecule has 0 spiro atoms. The normalized spacial score (nSPS) is 12.4. The van der Waals surface area contributed by atoms with Gasteiger partial charge in [0.05, 0.1) is 73.7 Å². The first-order valence-corrected chi connectivity index (χ1v) is 30.1. The molecule has 0 aliphatic heterocycles. The molecule has 0 aromatic heterocycles. The number of hydrogen-bond donors (Lipinski definition) is 7. The number of aldehydes is 1. The van der Waals surface area contributed by atoms with Crippen LogP contribution in [0, 0.1) is 11.8 Å². The van der Waals surface area contributed by atoms with Crippen molar-refractivity contribution in [3.8, 4) is 0 Å². The van der Waals surface area contributed by atoms with E-state index >= 15 is 0 Å². The Bertz CT molecular complexity index is 1840. The molecule has 0 aliphatic carbocycles. The Kier molecular flexibility index (Phi) is 60.2. The zero-order chi connectivity index (χ0) is 64.2. The van der Waals surface area contributed by atoms with E-state index in [0.717, 1.165) is 0 Å². The summed E-state index contributed by atoms with van der Waals surface area (Å²) in [5, 5.41) is 13.5.